The van der Waals surface area contributed by atoms with Crippen LogP contribution in [0.1, 0.15) is 41.5 Å². The van der Waals surface area contributed by atoms with Crippen LogP contribution in [0.25, 0.3) is 0 Å². The highest BCUT2D eigenvalue weighted by Crippen LogP contribution is 2.41. The number of aliphatic hydroxyl groups is 1. The van der Waals surface area contributed by atoms with Crippen molar-refractivity contribution in [3.63, 3.8) is 0 Å². The van der Waals surface area contributed by atoms with Gasteiger partial charge in [-0.25, -0.2) is 4.79 Å². The van der Waals surface area contributed by atoms with Crippen LogP contribution in [0.2, 0.25) is 0 Å². The van der Waals surface area contributed by atoms with E-state index in [4.69, 9.17) is 10.5 Å². The Morgan fingerprint density at radius 2 is 2.00 bits per heavy atom. The van der Waals surface area contributed by atoms with E-state index in [1.54, 1.807) is 4.90 Å². The summed E-state index contributed by atoms with van der Waals surface area (Å²) in [7, 11) is 0. The highest BCUT2D eigenvalue weighted by atomic mass is 16.6. The number of likely N-dealkylation sites (tertiary alicyclic amines) is 1. The van der Waals surface area contributed by atoms with Crippen LogP contribution in [0, 0.1) is 11.3 Å². The average Bonchev–Trinajstić information content (AvgIpc) is 2.22. The molecule has 1 rings (SSSR count). The number of amides is 1. The second-order valence-corrected chi connectivity index (χ2v) is 7.27. The van der Waals surface area contributed by atoms with Gasteiger partial charge in [0.05, 0.1) is 5.60 Å². The lowest BCUT2D eigenvalue weighted by Gasteiger charge is -2.53. The van der Waals surface area contributed by atoms with Gasteiger partial charge in [-0.05, 0) is 20.8 Å². The summed E-state index contributed by atoms with van der Waals surface area (Å²) in [5, 5.41) is 10.7. The Morgan fingerprint density at radius 3 is 2.37 bits per heavy atom. The van der Waals surface area contributed by atoms with E-state index < -0.39 is 16.6 Å². The molecule has 0 radical (unpaired) electrons. The van der Waals surface area contributed by atoms with E-state index in [0.717, 1.165) is 0 Å². The van der Waals surface area contributed by atoms with Gasteiger partial charge in [0.2, 0.25) is 0 Å². The van der Waals surface area contributed by atoms with Crippen molar-refractivity contribution < 1.29 is 14.6 Å². The molecule has 1 aliphatic rings. The van der Waals surface area contributed by atoms with Gasteiger partial charge >= 0.3 is 6.09 Å². The predicted molar refractivity (Wildman–Crippen MR) is 74.8 cm³/mol. The molecular weight excluding hydrogens is 244 g/mol. The van der Waals surface area contributed by atoms with E-state index in [1.165, 1.54) is 0 Å². The van der Waals surface area contributed by atoms with Gasteiger partial charge in [0, 0.05) is 31.0 Å². The quantitative estimate of drug-likeness (QED) is 0.760. The first kappa shape index (κ1) is 16.2. The van der Waals surface area contributed by atoms with E-state index >= 15 is 0 Å². The lowest BCUT2D eigenvalue weighted by atomic mass is 9.65. The summed E-state index contributed by atoms with van der Waals surface area (Å²) in [6.07, 6.45) is -0.327. The molecule has 1 fully saturated rings. The first-order valence-corrected chi connectivity index (χ1v) is 6.83. The number of piperidine rings is 1. The van der Waals surface area contributed by atoms with Gasteiger partial charge in [0.1, 0.15) is 5.60 Å². The maximum Gasteiger partial charge on any atom is 0.410 e. The van der Waals surface area contributed by atoms with Crippen LogP contribution >= 0.6 is 0 Å². The first-order chi connectivity index (χ1) is 8.43. The molecule has 0 aliphatic carbocycles. The molecule has 1 saturated heterocycles. The normalized spacial score (nSPS) is 31.2. The molecule has 1 heterocycles. The summed E-state index contributed by atoms with van der Waals surface area (Å²) >= 11 is 0. The van der Waals surface area contributed by atoms with Crippen molar-refractivity contribution in [3.8, 4) is 0 Å². The minimum atomic E-state index is -0.953. The van der Waals surface area contributed by atoms with Gasteiger partial charge < -0.3 is 20.5 Å². The number of rotatable bonds is 1. The SMILES string of the molecule is CC1CN(C(=O)OC(C)(C)C)CC(C)(C)C1(O)CN. The molecule has 2 atom stereocenters. The monoisotopic (exact) mass is 272 g/mol. The lowest BCUT2D eigenvalue weighted by Crippen LogP contribution is -2.66. The standard InChI is InChI=1S/C14H28N2O3/c1-10-7-16(11(17)19-12(2,3)4)9-13(5,6)14(10,18)8-15/h10,18H,7-9,15H2,1-6H3. The van der Waals surface area contributed by atoms with Crippen molar-refractivity contribution in [1.29, 1.82) is 0 Å². The molecule has 0 aromatic heterocycles. The van der Waals surface area contributed by atoms with E-state index in [0.29, 0.717) is 13.1 Å². The summed E-state index contributed by atoms with van der Waals surface area (Å²) < 4.78 is 5.39. The van der Waals surface area contributed by atoms with Gasteiger partial charge in [0.25, 0.3) is 0 Å². The molecule has 2 unspecified atom stereocenters. The van der Waals surface area contributed by atoms with Crippen molar-refractivity contribution in [2.75, 3.05) is 19.6 Å². The molecular formula is C14H28N2O3. The Balaban J connectivity index is 2.86. The third-order valence-electron chi connectivity index (χ3n) is 4.03. The Bertz CT molecular complexity index is 349. The number of hydrogen-bond donors (Lipinski definition) is 2. The van der Waals surface area contributed by atoms with Crippen LogP contribution in [-0.2, 0) is 4.74 Å². The first-order valence-electron chi connectivity index (χ1n) is 6.83. The topological polar surface area (TPSA) is 75.8 Å². The molecule has 3 N–H and O–H groups in total. The van der Waals surface area contributed by atoms with Crippen LogP contribution in [0.15, 0.2) is 0 Å². The zero-order valence-electron chi connectivity index (χ0n) is 13.0. The van der Waals surface area contributed by atoms with Crippen molar-refractivity contribution in [2.24, 2.45) is 17.1 Å². The summed E-state index contributed by atoms with van der Waals surface area (Å²) in [5.41, 5.74) is 3.82. The number of nitrogens with two attached hydrogens (primary N) is 1. The zero-order valence-corrected chi connectivity index (χ0v) is 13.0. The molecule has 0 bridgehead atoms. The Kier molecular flexibility index (Phi) is 4.23. The van der Waals surface area contributed by atoms with Crippen LogP contribution in [-0.4, -0.2) is 46.9 Å². The number of carbonyl (C=O) groups excluding carboxylic acids is 1. The fourth-order valence-corrected chi connectivity index (χ4v) is 2.77. The maximum absolute atomic E-state index is 12.1. The van der Waals surface area contributed by atoms with E-state index in [9.17, 15) is 9.90 Å². The lowest BCUT2D eigenvalue weighted by molar-refractivity contribution is -0.144. The van der Waals surface area contributed by atoms with Crippen molar-refractivity contribution >= 4 is 6.09 Å². The fourth-order valence-electron chi connectivity index (χ4n) is 2.77. The van der Waals surface area contributed by atoms with Gasteiger partial charge in [-0.1, -0.05) is 20.8 Å². The molecule has 0 aromatic carbocycles. The number of carbonyl (C=O) groups is 1. The van der Waals surface area contributed by atoms with Crippen molar-refractivity contribution in [1.82, 2.24) is 4.90 Å². The summed E-state index contributed by atoms with van der Waals surface area (Å²) in [4.78, 5) is 13.8. The third-order valence-corrected chi connectivity index (χ3v) is 4.03. The zero-order chi connectivity index (χ0) is 15.1. The van der Waals surface area contributed by atoms with Crippen LogP contribution in [0.5, 0.6) is 0 Å². The average molecular weight is 272 g/mol. The molecule has 1 amide bonds. The summed E-state index contributed by atoms with van der Waals surface area (Å²) in [6, 6.07) is 0. The highest BCUT2D eigenvalue weighted by Gasteiger charge is 2.52. The van der Waals surface area contributed by atoms with Crippen molar-refractivity contribution in [2.45, 2.75) is 52.7 Å². The number of hydrogen-bond acceptors (Lipinski definition) is 4. The largest absolute Gasteiger partial charge is 0.444 e. The molecule has 0 saturated carbocycles. The van der Waals surface area contributed by atoms with Crippen LogP contribution < -0.4 is 5.73 Å². The highest BCUT2D eigenvalue weighted by molar-refractivity contribution is 5.68. The van der Waals surface area contributed by atoms with Crippen LogP contribution in [0.3, 0.4) is 0 Å². The Hall–Kier alpha value is -0.810. The molecule has 0 spiro atoms. The predicted octanol–water partition coefficient (Wildman–Crippen LogP) is 1.59. The molecule has 112 valence electrons. The fraction of sp³-hybridized carbons (Fsp3) is 0.929. The van der Waals surface area contributed by atoms with Gasteiger partial charge in [-0.2, -0.15) is 0 Å². The second-order valence-electron chi connectivity index (χ2n) is 7.27. The smallest absolute Gasteiger partial charge is 0.410 e. The number of nitrogens with zero attached hydrogens (tertiary/aromatic N) is 1. The van der Waals surface area contributed by atoms with Crippen molar-refractivity contribution in [3.05, 3.63) is 0 Å². The molecule has 19 heavy (non-hydrogen) atoms. The minimum absolute atomic E-state index is 0.0891. The van der Waals surface area contributed by atoms with E-state index in [1.807, 2.05) is 41.5 Å². The van der Waals surface area contributed by atoms with Gasteiger partial charge in [-0.15, -0.1) is 0 Å². The Labute approximate surface area is 116 Å². The van der Waals surface area contributed by atoms with Gasteiger partial charge in [0.15, 0.2) is 0 Å². The molecule has 0 aromatic rings. The van der Waals surface area contributed by atoms with E-state index in [2.05, 4.69) is 0 Å². The Morgan fingerprint density at radius 1 is 1.47 bits per heavy atom. The maximum atomic E-state index is 12.1. The second kappa shape index (κ2) is 4.94. The van der Waals surface area contributed by atoms with Gasteiger partial charge in [-0.3, -0.25) is 0 Å². The minimum Gasteiger partial charge on any atom is -0.444 e. The van der Waals surface area contributed by atoms with E-state index in [-0.39, 0.29) is 18.6 Å². The summed E-state index contributed by atoms with van der Waals surface area (Å²) in [6.45, 7) is 12.4. The molecule has 5 nitrogen and oxygen atoms in total. The molecule has 1 aliphatic heterocycles. The third kappa shape index (κ3) is 3.20. The summed E-state index contributed by atoms with van der Waals surface area (Å²) in [5.74, 6) is -0.0891. The van der Waals surface area contributed by atoms with Crippen LogP contribution in [0.4, 0.5) is 4.79 Å². The molecule has 5 heteroatoms. The number of ether oxygens (including phenoxy) is 1.